The van der Waals surface area contributed by atoms with E-state index in [4.69, 9.17) is 10.6 Å². The van der Waals surface area contributed by atoms with Crippen LogP contribution in [0.25, 0.3) is 0 Å². The summed E-state index contributed by atoms with van der Waals surface area (Å²) < 4.78 is 5.10. The molecule has 0 saturated carbocycles. The Morgan fingerprint density at radius 3 is 3.12 bits per heavy atom. The lowest BCUT2D eigenvalue weighted by Gasteiger charge is -2.23. The highest BCUT2D eigenvalue weighted by Gasteiger charge is 2.29. The molecule has 0 aliphatic carbocycles. The summed E-state index contributed by atoms with van der Waals surface area (Å²) >= 11 is 1.93. The summed E-state index contributed by atoms with van der Waals surface area (Å²) in [4.78, 5) is 1.41. The van der Waals surface area contributed by atoms with Gasteiger partial charge in [-0.25, -0.2) is 0 Å². The number of ether oxygens (including phenoxy) is 1. The first kappa shape index (κ1) is 12.9. The van der Waals surface area contributed by atoms with E-state index in [0.29, 0.717) is 12.0 Å². The molecule has 0 aromatic heterocycles. The van der Waals surface area contributed by atoms with Crippen LogP contribution < -0.4 is 11.3 Å². The van der Waals surface area contributed by atoms with Gasteiger partial charge in [0.25, 0.3) is 0 Å². The zero-order chi connectivity index (χ0) is 12.1. The molecule has 1 heterocycles. The highest BCUT2D eigenvalue weighted by atomic mass is 32.2. The molecule has 2 rings (SSSR count). The molecule has 94 valence electrons. The van der Waals surface area contributed by atoms with Gasteiger partial charge in [-0.1, -0.05) is 18.2 Å². The summed E-state index contributed by atoms with van der Waals surface area (Å²) in [5.74, 6) is 7.34. The first-order valence-electron chi connectivity index (χ1n) is 6.03. The number of hydrazine groups is 1. The number of fused-ring (bicyclic) bond motifs is 1. The maximum absolute atomic E-state index is 5.69. The van der Waals surface area contributed by atoms with E-state index >= 15 is 0 Å². The van der Waals surface area contributed by atoms with Gasteiger partial charge >= 0.3 is 0 Å². The molecule has 1 aliphatic rings. The Morgan fingerprint density at radius 2 is 2.35 bits per heavy atom. The van der Waals surface area contributed by atoms with Crippen LogP contribution in [0.2, 0.25) is 0 Å². The number of nitrogens with two attached hydrogens (primary N) is 1. The highest BCUT2D eigenvalue weighted by molar-refractivity contribution is 7.99. The Balaban J connectivity index is 2.01. The van der Waals surface area contributed by atoms with Crippen molar-refractivity contribution in [1.29, 1.82) is 0 Å². The van der Waals surface area contributed by atoms with Gasteiger partial charge in [-0.05, 0) is 24.5 Å². The Labute approximate surface area is 107 Å². The van der Waals surface area contributed by atoms with Gasteiger partial charge in [-0.2, -0.15) is 0 Å². The standard InChI is InChI=1S/C13H20N2OS/c1-16-8-4-6-12(15-14)11-9-17-13-7-3-2-5-10(11)13/h2-3,5,7,11-12,15H,4,6,8-9,14H2,1H3. The minimum Gasteiger partial charge on any atom is -0.385 e. The minimum atomic E-state index is 0.348. The van der Waals surface area contributed by atoms with E-state index in [2.05, 4.69) is 29.7 Å². The van der Waals surface area contributed by atoms with Crippen molar-refractivity contribution in [3.8, 4) is 0 Å². The van der Waals surface area contributed by atoms with Gasteiger partial charge in [0, 0.05) is 36.3 Å². The molecule has 2 unspecified atom stereocenters. The van der Waals surface area contributed by atoms with Crippen LogP contribution in [-0.2, 0) is 4.74 Å². The number of hydrogen-bond acceptors (Lipinski definition) is 4. The summed E-state index contributed by atoms with van der Waals surface area (Å²) in [6, 6.07) is 8.98. The minimum absolute atomic E-state index is 0.348. The third-order valence-corrected chi connectivity index (χ3v) is 4.51. The topological polar surface area (TPSA) is 47.3 Å². The van der Waals surface area contributed by atoms with Crippen LogP contribution in [-0.4, -0.2) is 25.5 Å². The summed E-state index contributed by atoms with van der Waals surface area (Å²) in [5.41, 5.74) is 4.42. The van der Waals surface area contributed by atoms with Crippen LogP contribution >= 0.6 is 11.8 Å². The number of nitrogens with one attached hydrogen (secondary N) is 1. The maximum atomic E-state index is 5.69. The predicted molar refractivity (Wildman–Crippen MR) is 72.1 cm³/mol. The Hall–Kier alpha value is -0.550. The average Bonchev–Trinajstić information content (AvgIpc) is 2.79. The summed E-state index contributed by atoms with van der Waals surface area (Å²) in [7, 11) is 1.74. The summed E-state index contributed by atoms with van der Waals surface area (Å²) in [6.45, 7) is 0.805. The van der Waals surface area contributed by atoms with E-state index in [0.717, 1.165) is 25.2 Å². The zero-order valence-corrected chi connectivity index (χ0v) is 11.0. The maximum Gasteiger partial charge on any atom is 0.0462 e. The van der Waals surface area contributed by atoms with Crippen LogP contribution in [0.1, 0.15) is 24.3 Å². The summed E-state index contributed by atoms with van der Waals surface area (Å²) in [5, 5.41) is 0. The molecule has 1 aromatic carbocycles. The van der Waals surface area contributed by atoms with Crippen LogP contribution in [0.15, 0.2) is 29.2 Å². The molecule has 0 fully saturated rings. The van der Waals surface area contributed by atoms with Crippen LogP contribution in [0.5, 0.6) is 0 Å². The first-order valence-corrected chi connectivity index (χ1v) is 7.02. The summed E-state index contributed by atoms with van der Waals surface area (Å²) in [6.07, 6.45) is 2.11. The normalized spacial score (nSPS) is 20.2. The van der Waals surface area contributed by atoms with Crippen LogP contribution in [0, 0.1) is 0 Å². The lowest BCUT2D eigenvalue weighted by atomic mass is 9.91. The van der Waals surface area contributed by atoms with E-state index in [1.165, 1.54) is 10.5 Å². The van der Waals surface area contributed by atoms with Crippen molar-refractivity contribution < 1.29 is 4.74 Å². The van der Waals surface area contributed by atoms with Crippen molar-refractivity contribution >= 4 is 11.8 Å². The Bertz CT molecular complexity index is 359. The molecule has 2 atom stereocenters. The molecule has 0 spiro atoms. The fourth-order valence-corrected chi connectivity index (χ4v) is 3.70. The first-order chi connectivity index (χ1) is 8.36. The van der Waals surface area contributed by atoms with E-state index < -0.39 is 0 Å². The van der Waals surface area contributed by atoms with Crippen molar-refractivity contribution in [2.45, 2.75) is 29.7 Å². The average molecular weight is 252 g/mol. The predicted octanol–water partition coefficient (Wildman–Crippen LogP) is 2.13. The molecule has 0 radical (unpaired) electrons. The Morgan fingerprint density at radius 1 is 1.53 bits per heavy atom. The second kappa shape index (κ2) is 6.40. The number of thioether (sulfide) groups is 1. The van der Waals surface area contributed by atoms with E-state index in [1.54, 1.807) is 7.11 Å². The van der Waals surface area contributed by atoms with E-state index in [1.807, 2.05) is 11.8 Å². The third-order valence-electron chi connectivity index (χ3n) is 3.30. The van der Waals surface area contributed by atoms with Crippen LogP contribution in [0.4, 0.5) is 0 Å². The molecular weight excluding hydrogens is 232 g/mol. The van der Waals surface area contributed by atoms with Crippen molar-refractivity contribution in [3.63, 3.8) is 0 Å². The number of benzene rings is 1. The van der Waals surface area contributed by atoms with Crippen LogP contribution in [0.3, 0.4) is 0 Å². The van der Waals surface area contributed by atoms with Gasteiger partial charge < -0.3 is 4.74 Å². The molecule has 4 heteroatoms. The van der Waals surface area contributed by atoms with E-state index in [9.17, 15) is 0 Å². The lowest BCUT2D eigenvalue weighted by Crippen LogP contribution is -2.40. The van der Waals surface area contributed by atoms with E-state index in [-0.39, 0.29) is 0 Å². The third kappa shape index (κ3) is 3.01. The van der Waals surface area contributed by atoms with Crippen molar-refractivity contribution in [2.24, 2.45) is 5.84 Å². The van der Waals surface area contributed by atoms with Gasteiger partial charge in [0.2, 0.25) is 0 Å². The molecule has 3 nitrogen and oxygen atoms in total. The molecular formula is C13H20N2OS. The smallest absolute Gasteiger partial charge is 0.0462 e. The molecule has 3 N–H and O–H groups in total. The number of rotatable bonds is 6. The number of methoxy groups -OCH3 is 1. The zero-order valence-electron chi connectivity index (χ0n) is 10.2. The molecule has 1 aliphatic heterocycles. The molecule has 0 bridgehead atoms. The Kier molecular flexibility index (Phi) is 4.86. The van der Waals surface area contributed by atoms with Crippen molar-refractivity contribution in [2.75, 3.05) is 19.5 Å². The fourth-order valence-electron chi connectivity index (χ4n) is 2.37. The van der Waals surface area contributed by atoms with Gasteiger partial charge in [0.1, 0.15) is 0 Å². The molecule has 17 heavy (non-hydrogen) atoms. The van der Waals surface area contributed by atoms with Gasteiger partial charge in [0.05, 0.1) is 0 Å². The lowest BCUT2D eigenvalue weighted by molar-refractivity contribution is 0.187. The van der Waals surface area contributed by atoms with Crippen molar-refractivity contribution in [3.05, 3.63) is 29.8 Å². The quantitative estimate of drug-likeness (QED) is 0.462. The van der Waals surface area contributed by atoms with Gasteiger partial charge in [-0.3, -0.25) is 11.3 Å². The fraction of sp³-hybridized carbons (Fsp3) is 0.538. The number of hydrogen-bond donors (Lipinski definition) is 2. The monoisotopic (exact) mass is 252 g/mol. The second-order valence-electron chi connectivity index (χ2n) is 4.36. The molecule has 1 aromatic rings. The molecule has 0 saturated heterocycles. The largest absolute Gasteiger partial charge is 0.385 e. The van der Waals surface area contributed by atoms with Gasteiger partial charge in [0.15, 0.2) is 0 Å². The highest BCUT2D eigenvalue weighted by Crippen LogP contribution is 2.41. The molecule has 0 amide bonds. The van der Waals surface area contributed by atoms with Gasteiger partial charge in [-0.15, -0.1) is 11.8 Å². The van der Waals surface area contributed by atoms with Crippen molar-refractivity contribution in [1.82, 2.24) is 5.43 Å². The SMILES string of the molecule is COCCCC(NN)C1CSc2ccccc21. The second-order valence-corrected chi connectivity index (χ2v) is 5.43.